The number of aromatic amines is 1. The first-order valence-corrected chi connectivity index (χ1v) is 8.72. The molecule has 0 saturated carbocycles. The van der Waals surface area contributed by atoms with Crippen molar-refractivity contribution in [2.45, 2.75) is 20.8 Å². The third-order valence-corrected chi connectivity index (χ3v) is 4.61. The maximum atomic E-state index is 12.0. The second-order valence-corrected chi connectivity index (χ2v) is 6.77. The van der Waals surface area contributed by atoms with Crippen LogP contribution in [-0.2, 0) is 4.79 Å². The minimum Gasteiger partial charge on any atom is -0.383 e. The molecule has 25 heavy (non-hydrogen) atoms. The molecule has 7 nitrogen and oxygen atoms in total. The van der Waals surface area contributed by atoms with Crippen LogP contribution < -0.4 is 16.2 Å². The molecule has 0 fully saturated rings. The lowest BCUT2D eigenvalue weighted by Crippen LogP contribution is -2.36. The first-order valence-electron chi connectivity index (χ1n) is 7.84. The standard InChI is InChI=1S/C17H21N3O4S/c1-10(9-19-16(22)15-12(3)24-20-17(15)23)8-18-14(21)5-4-13-11(2)6-7-25-13/h4-7,10H,8-9H2,1-3H3,(H,18,21)(H,19,22)(H,20,23)/b5-4+. The van der Waals surface area contributed by atoms with E-state index in [9.17, 15) is 14.4 Å². The van der Waals surface area contributed by atoms with Crippen molar-refractivity contribution in [1.29, 1.82) is 0 Å². The van der Waals surface area contributed by atoms with E-state index in [4.69, 9.17) is 4.52 Å². The van der Waals surface area contributed by atoms with Crippen LogP contribution in [0.5, 0.6) is 0 Å². The number of thiophene rings is 1. The number of aromatic nitrogens is 1. The highest BCUT2D eigenvalue weighted by Gasteiger charge is 2.17. The molecule has 0 spiro atoms. The zero-order chi connectivity index (χ0) is 18.4. The fourth-order valence-corrected chi connectivity index (χ4v) is 2.93. The normalized spacial score (nSPS) is 12.3. The highest BCUT2D eigenvalue weighted by atomic mass is 32.1. The van der Waals surface area contributed by atoms with Gasteiger partial charge in [-0.3, -0.25) is 14.4 Å². The molecular weight excluding hydrogens is 342 g/mol. The molecule has 2 amide bonds. The summed E-state index contributed by atoms with van der Waals surface area (Å²) in [6.07, 6.45) is 3.29. The van der Waals surface area contributed by atoms with E-state index in [0.717, 1.165) is 10.4 Å². The van der Waals surface area contributed by atoms with Gasteiger partial charge >= 0.3 is 0 Å². The summed E-state index contributed by atoms with van der Waals surface area (Å²) in [6, 6.07) is 2.00. The van der Waals surface area contributed by atoms with E-state index >= 15 is 0 Å². The van der Waals surface area contributed by atoms with Gasteiger partial charge in [-0.05, 0) is 42.9 Å². The molecular formula is C17H21N3O4S. The summed E-state index contributed by atoms with van der Waals surface area (Å²) in [5.74, 6) is -0.416. The Morgan fingerprint density at radius 1 is 1.32 bits per heavy atom. The van der Waals surface area contributed by atoms with Gasteiger partial charge in [0.15, 0.2) is 0 Å². The number of amides is 2. The number of aryl methyl sites for hydroxylation is 2. The summed E-state index contributed by atoms with van der Waals surface area (Å²) in [5, 5.41) is 9.55. The van der Waals surface area contributed by atoms with E-state index in [1.807, 2.05) is 25.3 Å². The molecule has 2 rings (SSSR count). The molecule has 0 aromatic carbocycles. The van der Waals surface area contributed by atoms with Gasteiger partial charge in [-0.1, -0.05) is 6.92 Å². The predicted molar refractivity (Wildman–Crippen MR) is 96.7 cm³/mol. The average molecular weight is 363 g/mol. The molecule has 1 unspecified atom stereocenters. The van der Waals surface area contributed by atoms with Gasteiger partial charge in [0.1, 0.15) is 11.3 Å². The van der Waals surface area contributed by atoms with Crippen LogP contribution in [0.15, 0.2) is 26.8 Å². The smallest absolute Gasteiger partial charge is 0.293 e. The predicted octanol–water partition coefficient (Wildman–Crippen LogP) is 1.84. The third kappa shape index (κ3) is 5.18. The lowest BCUT2D eigenvalue weighted by molar-refractivity contribution is -0.116. The quantitative estimate of drug-likeness (QED) is 0.653. The van der Waals surface area contributed by atoms with Gasteiger partial charge in [0.25, 0.3) is 11.5 Å². The van der Waals surface area contributed by atoms with Crippen LogP contribution in [0.2, 0.25) is 0 Å². The van der Waals surface area contributed by atoms with Crippen molar-refractivity contribution in [3.05, 3.63) is 49.6 Å². The van der Waals surface area contributed by atoms with Crippen LogP contribution in [0, 0.1) is 19.8 Å². The van der Waals surface area contributed by atoms with Crippen LogP contribution in [0.1, 0.15) is 33.5 Å². The van der Waals surface area contributed by atoms with Gasteiger partial charge in [-0.15, -0.1) is 11.3 Å². The minimum absolute atomic E-state index is 0.0102. The fraction of sp³-hybridized carbons (Fsp3) is 0.353. The Morgan fingerprint density at radius 3 is 2.64 bits per heavy atom. The number of carbonyl (C=O) groups is 2. The van der Waals surface area contributed by atoms with Crippen LogP contribution >= 0.6 is 11.3 Å². The Morgan fingerprint density at radius 2 is 2.04 bits per heavy atom. The number of carbonyl (C=O) groups excluding carboxylic acids is 2. The van der Waals surface area contributed by atoms with Crippen molar-refractivity contribution in [2.24, 2.45) is 5.92 Å². The molecule has 2 heterocycles. The lowest BCUT2D eigenvalue weighted by atomic mass is 10.1. The van der Waals surface area contributed by atoms with Crippen LogP contribution in [0.4, 0.5) is 0 Å². The van der Waals surface area contributed by atoms with Gasteiger partial charge in [0.05, 0.1) is 0 Å². The Balaban J connectivity index is 1.75. The van der Waals surface area contributed by atoms with Gasteiger partial charge < -0.3 is 15.2 Å². The zero-order valence-corrected chi connectivity index (χ0v) is 15.2. The molecule has 0 bridgehead atoms. The highest BCUT2D eigenvalue weighted by molar-refractivity contribution is 7.11. The molecule has 0 aliphatic heterocycles. The molecule has 0 saturated heterocycles. The molecule has 8 heteroatoms. The van der Waals surface area contributed by atoms with Crippen LogP contribution in [0.25, 0.3) is 6.08 Å². The number of rotatable bonds is 7. The van der Waals surface area contributed by atoms with Gasteiger partial charge in [0, 0.05) is 24.0 Å². The minimum atomic E-state index is -0.551. The van der Waals surface area contributed by atoms with Crippen molar-refractivity contribution in [3.63, 3.8) is 0 Å². The van der Waals surface area contributed by atoms with Crippen LogP contribution in [-0.4, -0.2) is 30.1 Å². The van der Waals surface area contributed by atoms with Crippen molar-refractivity contribution in [2.75, 3.05) is 13.1 Å². The zero-order valence-electron chi connectivity index (χ0n) is 14.3. The summed E-state index contributed by atoms with van der Waals surface area (Å²) >= 11 is 1.58. The molecule has 0 aliphatic carbocycles. The molecule has 0 radical (unpaired) electrons. The summed E-state index contributed by atoms with van der Waals surface area (Å²) in [7, 11) is 0. The molecule has 134 valence electrons. The molecule has 1 atom stereocenters. The molecule has 0 aliphatic rings. The van der Waals surface area contributed by atoms with Crippen molar-refractivity contribution >= 4 is 29.2 Å². The monoisotopic (exact) mass is 363 g/mol. The first-order chi connectivity index (χ1) is 11.9. The van der Waals surface area contributed by atoms with Gasteiger partial charge in [-0.25, -0.2) is 0 Å². The largest absolute Gasteiger partial charge is 0.383 e. The van der Waals surface area contributed by atoms with Crippen molar-refractivity contribution in [3.8, 4) is 0 Å². The molecule has 2 aromatic heterocycles. The van der Waals surface area contributed by atoms with E-state index in [1.165, 1.54) is 13.0 Å². The van der Waals surface area contributed by atoms with Crippen molar-refractivity contribution < 1.29 is 14.1 Å². The summed E-state index contributed by atoms with van der Waals surface area (Å²) < 4.78 is 4.81. The highest BCUT2D eigenvalue weighted by Crippen LogP contribution is 2.16. The second kappa shape index (κ2) is 8.48. The Hall–Kier alpha value is -2.61. The summed E-state index contributed by atoms with van der Waals surface area (Å²) in [4.78, 5) is 36.3. The SMILES string of the molecule is Cc1ccsc1/C=C/C(=O)NCC(C)CNC(=O)c1c(C)o[nH]c1=O. The summed E-state index contributed by atoms with van der Waals surface area (Å²) in [5.41, 5.74) is 0.560. The van der Waals surface area contributed by atoms with E-state index in [2.05, 4.69) is 15.8 Å². The number of nitrogens with one attached hydrogen (secondary N) is 3. The number of H-pyrrole nitrogens is 1. The van der Waals surface area contributed by atoms with E-state index in [1.54, 1.807) is 17.4 Å². The Kier molecular flexibility index (Phi) is 6.35. The van der Waals surface area contributed by atoms with E-state index in [0.29, 0.717) is 13.1 Å². The van der Waals surface area contributed by atoms with Gasteiger partial charge in [-0.2, -0.15) is 5.16 Å². The average Bonchev–Trinajstić information content (AvgIpc) is 3.14. The van der Waals surface area contributed by atoms with Crippen LogP contribution in [0.3, 0.4) is 0 Å². The fourth-order valence-electron chi connectivity index (χ4n) is 2.12. The number of hydrogen-bond acceptors (Lipinski definition) is 5. The first kappa shape index (κ1) is 18.7. The molecule has 2 aromatic rings. The van der Waals surface area contributed by atoms with E-state index in [-0.39, 0.29) is 23.1 Å². The maximum absolute atomic E-state index is 12.0. The summed E-state index contributed by atoms with van der Waals surface area (Å²) in [6.45, 7) is 6.16. The van der Waals surface area contributed by atoms with Gasteiger partial charge in [0.2, 0.25) is 5.91 Å². The molecule has 3 N–H and O–H groups in total. The lowest BCUT2D eigenvalue weighted by Gasteiger charge is -2.12. The van der Waals surface area contributed by atoms with E-state index < -0.39 is 11.5 Å². The Bertz CT molecular complexity index is 831. The second-order valence-electron chi connectivity index (χ2n) is 5.83. The third-order valence-electron chi connectivity index (χ3n) is 3.63. The topological polar surface area (TPSA) is 104 Å². The maximum Gasteiger partial charge on any atom is 0.293 e. The van der Waals surface area contributed by atoms with Crippen molar-refractivity contribution in [1.82, 2.24) is 15.8 Å². The Labute approximate surface area is 149 Å². The number of hydrogen-bond donors (Lipinski definition) is 3.